The number of rotatable bonds is 3. The summed E-state index contributed by atoms with van der Waals surface area (Å²) in [6.45, 7) is 7.97. The maximum absolute atomic E-state index is 5.84. The van der Waals surface area contributed by atoms with Crippen LogP contribution in [0.25, 0.3) is 0 Å². The number of hydrogen-bond donors (Lipinski definition) is 1. The van der Waals surface area contributed by atoms with Crippen molar-refractivity contribution in [2.45, 2.75) is 81.0 Å². The maximum Gasteiger partial charge on any atom is 0.123 e. The lowest BCUT2D eigenvalue weighted by molar-refractivity contribution is 0.0339. The van der Waals surface area contributed by atoms with E-state index in [0.717, 1.165) is 40.5 Å². The van der Waals surface area contributed by atoms with Crippen LogP contribution in [-0.4, -0.2) is 46.5 Å². The molecule has 0 aromatic rings. The zero-order valence-electron chi connectivity index (χ0n) is 16.4. The van der Waals surface area contributed by atoms with Gasteiger partial charge in [-0.3, -0.25) is 0 Å². The standard InChI is InChI=1S/C20H38NOPSi/c1-21-24(4,5)20-15-9-7-6-8-14(15)18-16-12-13(22-2)10-11-17(16)23(3)19(18)20/h13-21H,6-12H2,1-5H3. The Labute approximate surface area is 151 Å². The van der Waals surface area contributed by atoms with E-state index < -0.39 is 8.24 Å². The van der Waals surface area contributed by atoms with Crippen LogP contribution in [0.1, 0.15) is 44.9 Å². The highest BCUT2D eigenvalue weighted by molar-refractivity contribution is 7.59. The number of hydrogen-bond acceptors (Lipinski definition) is 2. The van der Waals surface area contributed by atoms with Crippen molar-refractivity contribution in [2.24, 2.45) is 23.7 Å². The van der Waals surface area contributed by atoms with Crippen LogP contribution in [0.4, 0.5) is 0 Å². The fraction of sp³-hybridized carbons (Fsp3) is 1.00. The highest BCUT2D eigenvalue weighted by atomic mass is 31.1. The number of fused-ring (bicyclic) bond motifs is 5. The van der Waals surface area contributed by atoms with Crippen molar-refractivity contribution in [3.8, 4) is 0 Å². The van der Waals surface area contributed by atoms with Gasteiger partial charge in [0.2, 0.25) is 0 Å². The van der Waals surface area contributed by atoms with Gasteiger partial charge in [0.15, 0.2) is 0 Å². The third kappa shape index (κ3) is 2.60. The Hall–Kier alpha value is 0.567. The quantitative estimate of drug-likeness (QED) is 0.566. The minimum absolute atomic E-state index is 0.206. The third-order valence-corrected chi connectivity index (χ3v) is 16.0. The van der Waals surface area contributed by atoms with Gasteiger partial charge in [-0.05, 0) is 79.9 Å². The Bertz CT molecular complexity index is 473. The van der Waals surface area contributed by atoms with E-state index >= 15 is 0 Å². The molecule has 9 unspecified atom stereocenters. The molecule has 0 radical (unpaired) electrons. The molecule has 4 fully saturated rings. The summed E-state index contributed by atoms with van der Waals surface area (Å²) in [7, 11) is 3.08. The molecule has 1 N–H and O–H groups in total. The Morgan fingerprint density at radius 2 is 1.71 bits per heavy atom. The molecule has 0 aromatic heterocycles. The second-order valence-electron chi connectivity index (χ2n) is 9.75. The van der Waals surface area contributed by atoms with Crippen molar-refractivity contribution >= 4 is 16.2 Å². The van der Waals surface area contributed by atoms with Gasteiger partial charge in [-0.15, -0.1) is 7.92 Å². The van der Waals surface area contributed by atoms with E-state index in [4.69, 9.17) is 4.74 Å². The van der Waals surface area contributed by atoms with Crippen LogP contribution < -0.4 is 4.98 Å². The van der Waals surface area contributed by atoms with Crippen LogP contribution in [0.3, 0.4) is 0 Å². The van der Waals surface area contributed by atoms with Crippen molar-refractivity contribution in [1.29, 1.82) is 0 Å². The van der Waals surface area contributed by atoms with Crippen molar-refractivity contribution in [3.63, 3.8) is 0 Å². The van der Waals surface area contributed by atoms with E-state index in [1.54, 1.807) is 6.42 Å². The molecule has 0 bridgehead atoms. The normalized spacial score (nSPS) is 51.1. The first-order valence-electron chi connectivity index (χ1n) is 10.4. The van der Waals surface area contributed by atoms with Crippen LogP contribution in [0.15, 0.2) is 0 Å². The summed E-state index contributed by atoms with van der Waals surface area (Å²) in [5.41, 5.74) is 3.18. The smallest absolute Gasteiger partial charge is 0.123 e. The number of ether oxygens (including phenoxy) is 1. The lowest BCUT2D eigenvalue weighted by atomic mass is 9.69. The van der Waals surface area contributed by atoms with Gasteiger partial charge in [-0.25, -0.2) is 0 Å². The molecule has 2 nitrogen and oxygen atoms in total. The summed E-state index contributed by atoms with van der Waals surface area (Å²) in [6.07, 6.45) is 10.8. The molecule has 1 heterocycles. The molecule has 24 heavy (non-hydrogen) atoms. The monoisotopic (exact) mass is 367 g/mol. The molecular weight excluding hydrogens is 329 g/mol. The van der Waals surface area contributed by atoms with Gasteiger partial charge in [0.25, 0.3) is 0 Å². The summed E-state index contributed by atoms with van der Waals surface area (Å²) < 4.78 is 5.84. The second-order valence-corrected chi connectivity index (χ2v) is 16.9. The average Bonchev–Trinajstić information content (AvgIpc) is 3.09. The molecule has 1 saturated heterocycles. The summed E-state index contributed by atoms with van der Waals surface area (Å²) >= 11 is 0. The molecule has 3 saturated carbocycles. The van der Waals surface area contributed by atoms with Gasteiger partial charge in [-0.2, -0.15) is 0 Å². The first kappa shape index (κ1) is 18.0. The second kappa shape index (κ2) is 6.62. The average molecular weight is 368 g/mol. The van der Waals surface area contributed by atoms with E-state index in [9.17, 15) is 0 Å². The first-order chi connectivity index (χ1) is 11.5. The van der Waals surface area contributed by atoms with Crippen LogP contribution in [0.5, 0.6) is 0 Å². The molecule has 4 rings (SSSR count). The van der Waals surface area contributed by atoms with Crippen LogP contribution in [0, 0.1) is 23.7 Å². The van der Waals surface area contributed by atoms with Gasteiger partial charge < -0.3 is 9.72 Å². The molecule has 0 spiro atoms. The van der Waals surface area contributed by atoms with Crippen molar-refractivity contribution in [3.05, 3.63) is 0 Å². The van der Waals surface area contributed by atoms with E-state index in [1.165, 1.54) is 38.5 Å². The topological polar surface area (TPSA) is 21.3 Å². The van der Waals surface area contributed by atoms with E-state index in [0.29, 0.717) is 6.10 Å². The van der Waals surface area contributed by atoms with Crippen LogP contribution >= 0.6 is 7.92 Å². The summed E-state index contributed by atoms with van der Waals surface area (Å²) in [4.78, 5) is 3.88. The molecule has 0 aromatic carbocycles. The molecule has 4 heteroatoms. The number of methoxy groups -OCH3 is 1. The predicted octanol–water partition coefficient (Wildman–Crippen LogP) is 4.89. The molecule has 9 atom stereocenters. The zero-order valence-corrected chi connectivity index (χ0v) is 18.3. The summed E-state index contributed by atoms with van der Waals surface area (Å²) in [5.74, 6) is 4.17. The Morgan fingerprint density at radius 3 is 2.38 bits per heavy atom. The minimum atomic E-state index is -1.33. The van der Waals surface area contributed by atoms with Gasteiger partial charge in [0.1, 0.15) is 8.24 Å². The molecular formula is C20H38NOPSi. The lowest BCUT2D eigenvalue weighted by Gasteiger charge is -2.43. The highest BCUT2D eigenvalue weighted by Crippen LogP contribution is 2.75. The molecule has 138 valence electrons. The largest absolute Gasteiger partial charge is 0.381 e. The fourth-order valence-corrected chi connectivity index (χ4v) is 15.9. The van der Waals surface area contributed by atoms with Crippen molar-refractivity contribution in [1.82, 2.24) is 4.98 Å². The van der Waals surface area contributed by atoms with Gasteiger partial charge >= 0.3 is 0 Å². The third-order valence-electron chi connectivity index (χ3n) is 8.71. The lowest BCUT2D eigenvalue weighted by Crippen LogP contribution is -2.51. The van der Waals surface area contributed by atoms with Crippen molar-refractivity contribution < 1.29 is 4.74 Å². The van der Waals surface area contributed by atoms with E-state index in [2.05, 4.69) is 31.8 Å². The van der Waals surface area contributed by atoms with E-state index in [1.807, 2.05) is 7.11 Å². The predicted molar refractivity (Wildman–Crippen MR) is 108 cm³/mol. The fourth-order valence-electron chi connectivity index (χ4n) is 7.59. The Morgan fingerprint density at radius 1 is 1.00 bits per heavy atom. The Kier molecular flexibility index (Phi) is 4.96. The SMILES string of the molecule is CN[Si](C)(C)C1C2CCCCC2C2C3CC(OC)CCC3P(C)C21. The Balaban J connectivity index is 1.70. The van der Waals surface area contributed by atoms with Crippen LogP contribution in [-0.2, 0) is 4.74 Å². The summed E-state index contributed by atoms with van der Waals surface area (Å²) in [5, 5.41) is 0. The van der Waals surface area contributed by atoms with Crippen molar-refractivity contribution in [2.75, 3.05) is 20.8 Å². The molecule has 0 amide bonds. The van der Waals surface area contributed by atoms with Gasteiger partial charge in [-0.1, -0.05) is 32.4 Å². The molecule has 1 aliphatic heterocycles. The summed E-state index contributed by atoms with van der Waals surface area (Å²) in [6, 6.07) is 0. The van der Waals surface area contributed by atoms with Gasteiger partial charge in [0, 0.05) is 7.11 Å². The van der Waals surface area contributed by atoms with E-state index in [-0.39, 0.29) is 7.92 Å². The maximum atomic E-state index is 5.84. The van der Waals surface area contributed by atoms with Crippen LogP contribution in [0.2, 0.25) is 18.6 Å². The van der Waals surface area contributed by atoms with Gasteiger partial charge in [0.05, 0.1) is 6.10 Å². The highest BCUT2D eigenvalue weighted by Gasteiger charge is 2.64. The zero-order chi connectivity index (χ0) is 17.1. The molecule has 4 aliphatic rings. The number of nitrogens with one attached hydrogen (secondary N) is 1. The minimum Gasteiger partial charge on any atom is -0.381 e. The first-order valence-corrected chi connectivity index (χ1v) is 15.4. The molecule has 3 aliphatic carbocycles.